The molecule has 0 bridgehead atoms. The van der Waals surface area contributed by atoms with Gasteiger partial charge in [-0.05, 0) is 49.7 Å². The Kier molecular flexibility index (Phi) is 9.46. The topological polar surface area (TPSA) is 139 Å². The van der Waals surface area contributed by atoms with Gasteiger partial charge < -0.3 is 14.8 Å². The van der Waals surface area contributed by atoms with E-state index >= 15 is 0 Å². The molecular weight excluding hydrogens is 650 g/mol. The second kappa shape index (κ2) is 13.9. The number of hydrogen-bond acceptors (Lipinski definition) is 9. The highest BCUT2D eigenvalue weighted by atomic mass is 35.5. The number of rotatable bonds is 11. The van der Waals surface area contributed by atoms with Crippen LogP contribution in [0.25, 0.3) is 0 Å². The van der Waals surface area contributed by atoms with E-state index in [4.69, 9.17) is 21.1 Å². The van der Waals surface area contributed by atoms with E-state index in [1.54, 1.807) is 86.6 Å². The molecule has 4 amide bonds. The van der Waals surface area contributed by atoms with Gasteiger partial charge in [0.1, 0.15) is 0 Å². The molecule has 0 radical (unpaired) electrons. The minimum absolute atomic E-state index is 0.0206. The Balaban J connectivity index is 1.43. The van der Waals surface area contributed by atoms with Gasteiger partial charge in [0.25, 0.3) is 23.6 Å². The lowest BCUT2D eigenvalue weighted by Gasteiger charge is -2.34. The van der Waals surface area contributed by atoms with E-state index in [0.717, 1.165) is 9.80 Å². The van der Waals surface area contributed by atoms with E-state index in [9.17, 15) is 28.8 Å². The molecule has 11 nitrogen and oxygen atoms in total. The Morgan fingerprint density at radius 1 is 0.633 bits per heavy atom. The largest absolute Gasteiger partial charge is 0.463 e. The number of nitrogens with one attached hydrogen (secondary N) is 1. The fourth-order valence-corrected chi connectivity index (χ4v) is 6.70. The molecule has 0 aliphatic carbocycles. The van der Waals surface area contributed by atoms with Crippen molar-refractivity contribution in [3.63, 3.8) is 0 Å². The predicted octanol–water partition coefficient (Wildman–Crippen LogP) is 5.03. The Morgan fingerprint density at radius 3 is 1.37 bits per heavy atom. The van der Waals surface area contributed by atoms with Crippen molar-refractivity contribution in [3.8, 4) is 0 Å². The van der Waals surface area contributed by atoms with Crippen LogP contribution in [0.5, 0.6) is 0 Å². The number of carbonyl (C=O) groups excluding carboxylic acids is 6. The molecule has 0 spiro atoms. The van der Waals surface area contributed by atoms with E-state index in [1.165, 1.54) is 0 Å². The molecule has 3 aliphatic rings. The van der Waals surface area contributed by atoms with Crippen molar-refractivity contribution in [2.45, 2.75) is 32.6 Å². The molecule has 6 rings (SSSR count). The van der Waals surface area contributed by atoms with E-state index in [1.807, 2.05) is 0 Å². The molecule has 0 atom stereocenters. The first-order valence-corrected chi connectivity index (χ1v) is 16.3. The van der Waals surface area contributed by atoms with E-state index in [2.05, 4.69) is 5.32 Å². The first-order valence-electron chi connectivity index (χ1n) is 15.9. The summed E-state index contributed by atoms with van der Waals surface area (Å²) in [5.41, 5.74) is 2.21. The van der Waals surface area contributed by atoms with Gasteiger partial charge in [0, 0.05) is 42.3 Å². The number of fused-ring (bicyclic) bond motifs is 2. The van der Waals surface area contributed by atoms with Crippen molar-refractivity contribution in [3.05, 3.63) is 128 Å². The fourth-order valence-electron chi connectivity index (χ4n) is 6.46. The van der Waals surface area contributed by atoms with E-state index < -0.39 is 41.5 Å². The van der Waals surface area contributed by atoms with Crippen LogP contribution in [0.2, 0.25) is 5.02 Å². The zero-order chi connectivity index (χ0) is 34.8. The maximum absolute atomic E-state index is 13.8. The Bertz CT molecular complexity index is 1800. The minimum atomic E-state index is -1.09. The summed E-state index contributed by atoms with van der Waals surface area (Å²) in [5, 5.41) is 3.48. The number of hydrogen-bond donors (Lipinski definition) is 1. The lowest BCUT2D eigenvalue weighted by atomic mass is 9.79. The second-order valence-electron chi connectivity index (χ2n) is 11.4. The maximum Gasteiger partial charge on any atom is 0.336 e. The van der Waals surface area contributed by atoms with Gasteiger partial charge in [0.15, 0.2) is 0 Å². The van der Waals surface area contributed by atoms with Gasteiger partial charge in [-0.25, -0.2) is 9.59 Å². The van der Waals surface area contributed by atoms with Gasteiger partial charge in [-0.3, -0.25) is 29.0 Å². The monoisotopic (exact) mass is 681 g/mol. The number of benzene rings is 3. The molecule has 49 heavy (non-hydrogen) atoms. The number of ether oxygens (including phenoxy) is 2. The van der Waals surface area contributed by atoms with Gasteiger partial charge in [-0.15, -0.1) is 0 Å². The molecule has 0 fully saturated rings. The Hall–Kier alpha value is -5.55. The molecule has 1 N–H and O–H groups in total. The van der Waals surface area contributed by atoms with Crippen LogP contribution in [0, 0.1) is 0 Å². The Labute approximate surface area is 287 Å². The first kappa shape index (κ1) is 33.4. The van der Waals surface area contributed by atoms with Gasteiger partial charge in [0.2, 0.25) is 0 Å². The predicted molar refractivity (Wildman–Crippen MR) is 177 cm³/mol. The number of imide groups is 2. The number of halogens is 1. The molecule has 0 saturated carbocycles. The van der Waals surface area contributed by atoms with Gasteiger partial charge in [-0.1, -0.05) is 54.1 Å². The molecule has 250 valence electrons. The highest BCUT2D eigenvalue weighted by Gasteiger charge is 2.43. The van der Waals surface area contributed by atoms with Crippen molar-refractivity contribution in [2.24, 2.45) is 0 Å². The molecule has 12 heteroatoms. The maximum atomic E-state index is 13.8. The highest BCUT2D eigenvalue weighted by molar-refractivity contribution is 6.31. The van der Waals surface area contributed by atoms with Crippen LogP contribution < -0.4 is 5.32 Å². The summed E-state index contributed by atoms with van der Waals surface area (Å²) in [4.78, 5) is 82.8. The van der Waals surface area contributed by atoms with Crippen molar-refractivity contribution in [1.82, 2.24) is 15.1 Å². The Morgan fingerprint density at radius 2 is 1.00 bits per heavy atom. The summed E-state index contributed by atoms with van der Waals surface area (Å²) in [6.07, 6.45) is -0.0413. The highest BCUT2D eigenvalue weighted by Crippen LogP contribution is 2.43. The summed E-state index contributed by atoms with van der Waals surface area (Å²) in [7, 11) is 0. The smallest absolute Gasteiger partial charge is 0.336 e. The zero-order valence-corrected chi connectivity index (χ0v) is 27.5. The van der Waals surface area contributed by atoms with Gasteiger partial charge >= 0.3 is 11.9 Å². The standard InChI is InChI=1S/C37H32ClN3O8/c1-3-48-36(46)30-27(17-19-40-32(42)21-11-5-6-12-22(21)33(40)43)39-28(18-20-41-34(44)23-13-7-8-14-24(23)35(41)45)31(37(47)49-4-2)29(30)25-15-9-10-16-26(25)38/h5-16,29,39H,3-4,17-20H2,1-2H3. The number of esters is 2. The van der Waals surface area contributed by atoms with E-state index in [0.29, 0.717) is 5.56 Å². The van der Waals surface area contributed by atoms with Crippen molar-refractivity contribution in [2.75, 3.05) is 26.3 Å². The van der Waals surface area contributed by atoms with Crippen LogP contribution in [0.1, 0.15) is 79.6 Å². The van der Waals surface area contributed by atoms with Crippen LogP contribution in [0.4, 0.5) is 0 Å². The molecular formula is C37H32ClN3O8. The number of nitrogens with zero attached hydrogens (tertiary/aromatic N) is 2. The molecule has 0 unspecified atom stereocenters. The SMILES string of the molecule is CCOC(=O)C1=C(CCN2C(=O)c3ccccc3C2=O)NC(CCN2C(=O)c3ccccc3C2=O)=C(C(=O)OCC)C1c1ccccc1Cl. The summed E-state index contributed by atoms with van der Waals surface area (Å²) in [6.45, 7) is 3.13. The average molecular weight is 682 g/mol. The van der Waals surface area contributed by atoms with Crippen LogP contribution in [0.15, 0.2) is 95.3 Å². The molecule has 3 aromatic carbocycles. The van der Waals surface area contributed by atoms with Crippen molar-refractivity contribution < 1.29 is 38.2 Å². The lowest BCUT2D eigenvalue weighted by molar-refractivity contribution is -0.139. The number of amides is 4. The molecule has 3 aliphatic heterocycles. The van der Waals surface area contributed by atoms with E-state index in [-0.39, 0.29) is 89.0 Å². The van der Waals surface area contributed by atoms with Crippen molar-refractivity contribution >= 4 is 47.2 Å². The quantitative estimate of drug-likeness (QED) is 0.218. The number of dihydropyridines is 1. The van der Waals surface area contributed by atoms with Gasteiger partial charge in [0.05, 0.1) is 52.5 Å². The minimum Gasteiger partial charge on any atom is -0.463 e. The molecule has 3 aromatic rings. The molecule has 0 aromatic heterocycles. The molecule has 3 heterocycles. The average Bonchev–Trinajstić information content (AvgIpc) is 3.49. The fraction of sp³-hybridized carbons (Fsp3) is 0.243. The summed E-state index contributed by atoms with van der Waals surface area (Å²) >= 11 is 6.72. The number of carbonyl (C=O) groups is 6. The van der Waals surface area contributed by atoms with Gasteiger partial charge in [-0.2, -0.15) is 0 Å². The third kappa shape index (κ3) is 6.02. The summed E-state index contributed by atoms with van der Waals surface area (Å²) in [5.74, 6) is -4.44. The van der Waals surface area contributed by atoms with Crippen LogP contribution in [0.3, 0.4) is 0 Å². The lowest BCUT2D eigenvalue weighted by Crippen LogP contribution is -2.38. The van der Waals surface area contributed by atoms with Crippen LogP contribution in [-0.2, 0) is 19.1 Å². The second-order valence-corrected chi connectivity index (χ2v) is 11.8. The first-order chi connectivity index (χ1) is 23.7. The van der Waals surface area contributed by atoms with Crippen molar-refractivity contribution in [1.29, 1.82) is 0 Å². The normalized spacial score (nSPS) is 15.9. The molecule has 0 saturated heterocycles. The van der Waals surface area contributed by atoms with Crippen LogP contribution in [-0.4, -0.2) is 71.7 Å². The van der Waals surface area contributed by atoms with Crippen LogP contribution >= 0.6 is 11.6 Å². The third-order valence-corrected chi connectivity index (χ3v) is 9.01. The summed E-state index contributed by atoms with van der Waals surface area (Å²) < 4.78 is 11.0. The zero-order valence-electron chi connectivity index (χ0n) is 26.8. The third-order valence-electron chi connectivity index (χ3n) is 8.66. The summed E-state index contributed by atoms with van der Waals surface area (Å²) in [6, 6.07) is 19.8.